The van der Waals surface area contributed by atoms with Crippen molar-refractivity contribution >= 4 is 11.6 Å². The fourth-order valence-corrected chi connectivity index (χ4v) is 1.61. The molecular formula is C12H11ClO2. The maximum Gasteiger partial charge on any atom is 0.137 e. The number of aryl methyl sites for hydroxylation is 1. The largest absolute Gasteiger partial charge is 0.496 e. The minimum Gasteiger partial charge on any atom is -0.496 e. The van der Waals surface area contributed by atoms with Crippen molar-refractivity contribution in [3.05, 3.63) is 41.1 Å². The number of hydrogen-bond acceptors (Lipinski definition) is 2. The predicted octanol–water partition coefficient (Wildman–Crippen LogP) is 3.92. The van der Waals surface area contributed by atoms with Crippen LogP contribution in [0.4, 0.5) is 0 Å². The van der Waals surface area contributed by atoms with Crippen molar-refractivity contribution in [2.24, 2.45) is 0 Å². The van der Waals surface area contributed by atoms with E-state index in [4.69, 9.17) is 20.8 Å². The average Bonchev–Trinajstić information content (AvgIpc) is 2.74. The first-order valence-electron chi connectivity index (χ1n) is 4.60. The third kappa shape index (κ3) is 1.85. The van der Waals surface area contributed by atoms with Crippen LogP contribution in [0.5, 0.6) is 5.75 Å². The molecule has 2 aromatic rings. The quantitative estimate of drug-likeness (QED) is 0.769. The number of hydrogen-bond donors (Lipinski definition) is 0. The lowest BCUT2D eigenvalue weighted by molar-refractivity contribution is 0.414. The van der Waals surface area contributed by atoms with Crippen molar-refractivity contribution in [2.75, 3.05) is 7.11 Å². The summed E-state index contributed by atoms with van der Waals surface area (Å²) in [6.07, 6.45) is 1.63. The van der Waals surface area contributed by atoms with E-state index in [0.717, 1.165) is 22.6 Å². The summed E-state index contributed by atoms with van der Waals surface area (Å²) < 4.78 is 10.6. The van der Waals surface area contributed by atoms with Crippen LogP contribution in [-0.2, 0) is 0 Å². The van der Waals surface area contributed by atoms with Gasteiger partial charge in [0.2, 0.25) is 0 Å². The van der Waals surface area contributed by atoms with Crippen molar-refractivity contribution in [3.63, 3.8) is 0 Å². The summed E-state index contributed by atoms with van der Waals surface area (Å²) in [5.41, 5.74) is 1.86. The molecule has 0 fully saturated rings. The monoisotopic (exact) mass is 222 g/mol. The molecule has 1 aromatic heterocycles. The SMILES string of the molecule is COc1cc(C)c(Cl)cc1-c1ccco1. The molecule has 1 heterocycles. The molecule has 1 aromatic carbocycles. The van der Waals surface area contributed by atoms with Gasteiger partial charge in [-0.3, -0.25) is 0 Å². The van der Waals surface area contributed by atoms with Crippen molar-refractivity contribution in [3.8, 4) is 17.1 Å². The van der Waals surface area contributed by atoms with E-state index in [0.29, 0.717) is 5.02 Å². The first-order valence-corrected chi connectivity index (χ1v) is 4.98. The number of benzene rings is 1. The van der Waals surface area contributed by atoms with Crippen LogP contribution in [0.3, 0.4) is 0 Å². The highest BCUT2D eigenvalue weighted by molar-refractivity contribution is 6.31. The van der Waals surface area contributed by atoms with Gasteiger partial charge in [0.25, 0.3) is 0 Å². The summed E-state index contributed by atoms with van der Waals surface area (Å²) in [6, 6.07) is 7.47. The molecule has 0 amide bonds. The Balaban J connectivity index is 2.60. The molecule has 0 atom stereocenters. The Morgan fingerprint density at radius 3 is 2.73 bits per heavy atom. The van der Waals surface area contributed by atoms with E-state index in [1.54, 1.807) is 13.4 Å². The van der Waals surface area contributed by atoms with Crippen molar-refractivity contribution in [1.82, 2.24) is 0 Å². The fourth-order valence-electron chi connectivity index (χ4n) is 1.45. The molecule has 15 heavy (non-hydrogen) atoms. The molecule has 0 N–H and O–H groups in total. The smallest absolute Gasteiger partial charge is 0.137 e. The molecule has 0 aliphatic carbocycles. The van der Waals surface area contributed by atoms with E-state index >= 15 is 0 Å². The van der Waals surface area contributed by atoms with E-state index in [-0.39, 0.29) is 0 Å². The zero-order valence-corrected chi connectivity index (χ0v) is 9.34. The normalized spacial score (nSPS) is 10.3. The van der Waals surface area contributed by atoms with Crippen LogP contribution in [0.1, 0.15) is 5.56 Å². The molecule has 0 saturated heterocycles. The molecule has 2 nitrogen and oxygen atoms in total. The molecule has 0 radical (unpaired) electrons. The topological polar surface area (TPSA) is 22.4 Å². The van der Waals surface area contributed by atoms with Crippen molar-refractivity contribution in [2.45, 2.75) is 6.92 Å². The van der Waals surface area contributed by atoms with Gasteiger partial charge in [0.15, 0.2) is 0 Å². The molecule has 3 heteroatoms. The fraction of sp³-hybridized carbons (Fsp3) is 0.167. The van der Waals surface area contributed by atoms with Crippen LogP contribution in [-0.4, -0.2) is 7.11 Å². The second-order valence-electron chi connectivity index (χ2n) is 3.28. The van der Waals surface area contributed by atoms with Gasteiger partial charge >= 0.3 is 0 Å². The summed E-state index contributed by atoms with van der Waals surface area (Å²) in [4.78, 5) is 0. The Kier molecular flexibility index (Phi) is 2.69. The summed E-state index contributed by atoms with van der Waals surface area (Å²) in [5.74, 6) is 1.53. The number of methoxy groups -OCH3 is 1. The van der Waals surface area contributed by atoms with E-state index in [9.17, 15) is 0 Å². The van der Waals surface area contributed by atoms with E-state index < -0.39 is 0 Å². The Labute approximate surface area is 93.4 Å². The first-order chi connectivity index (χ1) is 7.22. The van der Waals surface area contributed by atoms with Crippen molar-refractivity contribution in [1.29, 1.82) is 0 Å². The molecule has 0 aliphatic rings. The van der Waals surface area contributed by atoms with Gasteiger partial charge in [0.1, 0.15) is 11.5 Å². The molecule has 78 valence electrons. The summed E-state index contributed by atoms with van der Waals surface area (Å²) in [7, 11) is 1.63. The van der Waals surface area contributed by atoms with Gasteiger partial charge in [-0.15, -0.1) is 0 Å². The number of ether oxygens (including phenoxy) is 1. The molecular weight excluding hydrogens is 212 g/mol. The first kappa shape index (κ1) is 10.1. The minimum atomic E-state index is 0.710. The molecule has 0 aliphatic heterocycles. The third-order valence-electron chi connectivity index (χ3n) is 2.27. The van der Waals surface area contributed by atoms with Gasteiger partial charge in [0.05, 0.1) is 18.9 Å². The van der Waals surface area contributed by atoms with Gasteiger partial charge < -0.3 is 9.15 Å². The van der Waals surface area contributed by atoms with Gasteiger partial charge in [0, 0.05) is 5.02 Å². The maximum absolute atomic E-state index is 6.06. The highest BCUT2D eigenvalue weighted by Gasteiger charge is 2.10. The molecule has 2 rings (SSSR count). The van der Waals surface area contributed by atoms with Crippen LogP contribution >= 0.6 is 11.6 Å². The molecule has 0 unspecified atom stereocenters. The van der Waals surface area contributed by atoms with Crippen LogP contribution in [0, 0.1) is 6.92 Å². The second-order valence-corrected chi connectivity index (χ2v) is 3.69. The Hall–Kier alpha value is -1.41. The van der Waals surface area contributed by atoms with Crippen LogP contribution in [0.25, 0.3) is 11.3 Å². The van der Waals surface area contributed by atoms with Gasteiger partial charge in [-0.2, -0.15) is 0 Å². The molecule has 0 spiro atoms. The third-order valence-corrected chi connectivity index (χ3v) is 2.67. The predicted molar refractivity (Wildman–Crippen MR) is 60.4 cm³/mol. The highest BCUT2D eigenvalue weighted by atomic mass is 35.5. The Bertz CT molecular complexity index is 461. The van der Waals surface area contributed by atoms with Gasteiger partial charge in [-0.25, -0.2) is 0 Å². The lowest BCUT2D eigenvalue weighted by Gasteiger charge is -2.08. The van der Waals surface area contributed by atoms with Crippen LogP contribution < -0.4 is 4.74 Å². The van der Waals surface area contributed by atoms with E-state index in [2.05, 4.69) is 0 Å². The van der Waals surface area contributed by atoms with E-state index in [1.165, 1.54) is 0 Å². The lowest BCUT2D eigenvalue weighted by Crippen LogP contribution is -1.89. The van der Waals surface area contributed by atoms with E-state index in [1.807, 2.05) is 31.2 Å². The van der Waals surface area contributed by atoms with Gasteiger partial charge in [-0.1, -0.05) is 11.6 Å². The molecule has 0 bridgehead atoms. The zero-order chi connectivity index (χ0) is 10.8. The lowest BCUT2D eigenvalue weighted by atomic mass is 10.1. The summed E-state index contributed by atoms with van der Waals surface area (Å²) >= 11 is 6.06. The van der Waals surface area contributed by atoms with Gasteiger partial charge in [-0.05, 0) is 36.8 Å². The number of halogens is 1. The Morgan fingerprint density at radius 1 is 1.33 bits per heavy atom. The Morgan fingerprint density at radius 2 is 2.13 bits per heavy atom. The summed E-state index contributed by atoms with van der Waals surface area (Å²) in [6.45, 7) is 1.94. The number of furan rings is 1. The number of rotatable bonds is 2. The van der Waals surface area contributed by atoms with Crippen LogP contribution in [0.15, 0.2) is 34.9 Å². The van der Waals surface area contributed by atoms with Crippen molar-refractivity contribution < 1.29 is 9.15 Å². The second kappa shape index (κ2) is 3.99. The average molecular weight is 223 g/mol. The summed E-state index contributed by atoms with van der Waals surface area (Å²) in [5, 5.41) is 0.710. The maximum atomic E-state index is 6.06. The zero-order valence-electron chi connectivity index (χ0n) is 8.58. The molecule has 0 saturated carbocycles. The van der Waals surface area contributed by atoms with Crippen LogP contribution in [0.2, 0.25) is 5.02 Å². The standard InChI is InChI=1S/C12H11ClO2/c1-8-6-12(14-2)9(7-10(8)13)11-4-3-5-15-11/h3-7H,1-2H3. The minimum absolute atomic E-state index is 0.710. The highest BCUT2D eigenvalue weighted by Crippen LogP contribution is 2.34.